The third kappa shape index (κ3) is 4.23. The Morgan fingerprint density at radius 2 is 2.10 bits per heavy atom. The molecule has 1 N–H and O–H groups in total. The number of nitrogens with one attached hydrogen (secondary N) is 1. The van der Waals surface area contributed by atoms with Crippen LogP contribution in [-0.2, 0) is 4.79 Å². The van der Waals surface area contributed by atoms with E-state index in [0.29, 0.717) is 25.9 Å². The van der Waals surface area contributed by atoms with Crippen LogP contribution in [0.4, 0.5) is 15.9 Å². The maximum absolute atomic E-state index is 12.9. The van der Waals surface area contributed by atoms with Gasteiger partial charge in [0.05, 0.1) is 12.2 Å². The summed E-state index contributed by atoms with van der Waals surface area (Å²) in [6, 6.07) is 9.06. The van der Waals surface area contributed by atoms with Gasteiger partial charge in [-0.15, -0.1) is 0 Å². The molecule has 1 amide bonds. The number of pyridine rings is 1. The molecule has 0 unspecified atom stereocenters. The second-order valence-electron chi connectivity index (χ2n) is 7.66. The van der Waals surface area contributed by atoms with E-state index in [4.69, 9.17) is 4.74 Å². The number of aliphatic imine (C=N–C) groups is 1. The number of hydrogen-bond acceptors (Lipinski definition) is 5. The summed E-state index contributed by atoms with van der Waals surface area (Å²) in [4.78, 5) is 23.0. The van der Waals surface area contributed by atoms with Crippen molar-refractivity contribution in [2.75, 3.05) is 18.0 Å². The van der Waals surface area contributed by atoms with Crippen molar-refractivity contribution in [2.24, 2.45) is 10.9 Å². The van der Waals surface area contributed by atoms with E-state index in [1.54, 1.807) is 12.3 Å². The number of nitrogens with zero attached hydrogens (tertiary/aromatic N) is 3. The van der Waals surface area contributed by atoms with E-state index in [2.05, 4.69) is 15.3 Å². The number of carbonyl (C=O) groups is 1. The molecule has 1 saturated carbocycles. The summed E-state index contributed by atoms with van der Waals surface area (Å²) < 4.78 is 19.0. The average Bonchev–Trinajstić information content (AvgIpc) is 2.64. The van der Waals surface area contributed by atoms with E-state index in [0.717, 1.165) is 22.8 Å². The summed E-state index contributed by atoms with van der Waals surface area (Å²) in [6.45, 7) is 5.28. The van der Waals surface area contributed by atoms with Gasteiger partial charge in [0, 0.05) is 25.2 Å². The maximum Gasteiger partial charge on any atom is 0.223 e. The number of ether oxygens (including phenoxy) is 1. The van der Waals surface area contributed by atoms with E-state index >= 15 is 0 Å². The summed E-state index contributed by atoms with van der Waals surface area (Å²) in [5.74, 6) is 1.23. The van der Waals surface area contributed by atoms with E-state index in [1.165, 1.54) is 12.3 Å². The predicted octanol–water partition coefficient (Wildman–Crippen LogP) is 3.41. The molecule has 1 aromatic carbocycles. The van der Waals surface area contributed by atoms with Crippen molar-refractivity contribution in [3.63, 3.8) is 0 Å². The van der Waals surface area contributed by atoms with Crippen LogP contribution in [0, 0.1) is 18.7 Å². The highest BCUT2D eigenvalue weighted by molar-refractivity contribution is 5.80. The average molecular weight is 396 g/mol. The Balaban J connectivity index is 1.22. The summed E-state index contributed by atoms with van der Waals surface area (Å²) in [7, 11) is 0. The first kappa shape index (κ1) is 19.4. The summed E-state index contributed by atoms with van der Waals surface area (Å²) in [6.07, 6.45) is 4.44. The SMILES string of the molecule is CC=Nc1c(C)cccc1OC1CC(C(=O)NC2CN(c3ccc(F)cn3)C2)C1. The van der Waals surface area contributed by atoms with Gasteiger partial charge in [0.1, 0.15) is 29.2 Å². The molecule has 6 nitrogen and oxygen atoms in total. The molecule has 1 saturated heterocycles. The minimum atomic E-state index is -0.347. The summed E-state index contributed by atoms with van der Waals surface area (Å²) in [5.41, 5.74) is 1.92. The van der Waals surface area contributed by atoms with Crippen LogP contribution in [0.3, 0.4) is 0 Å². The van der Waals surface area contributed by atoms with Crippen LogP contribution in [0.15, 0.2) is 41.5 Å². The zero-order valence-electron chi connectivity index (χ0n) is 16.6. The Kier molecular flexibility index (Phi) is 5.47. The predicted molar refractivity (Wildman–Crippen MR) is 110 cm³/mol. The number of hydrogen-bond donors (Lipinski definition) is 1. The van der Waals surface area contributed by atoms with Gasteiger partial charge in [-0.25, -0.2) is 9.37 Å². The fourth-order valence-electron chi connectivity index (χ4n) is 3.71. The highest BCUT2D eigenvalue weighted by atomic mass is 19.1. The van der Waals surface area contributed by atoms with Gasteiger partial charge < -0.3 is 15.0 Å². The minimum absolute atomic E-state index is 0.0130. The van der Waals surface area contributed by atoms with E-state index in [9.17, 15) is 9.18 Å². The van der Waals surface area contributed by atoms with Gasteiger partial charge in [-0.3, -0.25) is 9.79 Å². The van der Waals surface area contributed by atoms with Crippen LogP contribution in [0.1, 0.15) is 25.3 Å². The molecular formula is C22H25FN4O2. The molecule has 0 atom stereocenters. The first-order valence-electron chi connectivity index (χ1n) is 9.95. The number of amides is 1. The lowest BCUT2D eigenvalue weighted by Crippen LogP contribution is -2.61. The highest BCUT2D eigenvalue weighted by Gasteiger charge is 2.39. The molecular weight excluding hydrogens is 371 g/mol. The Morgan fingerprint density at radius 3 is 2.79 bits per heavy atom. The maximum atomic E-state index is 12.9. The lowest BCUT2D eigenvalue weighted by Gasteiger charge is -2.42. The summed E-state index contributed by atoms with van der Waals surface area (Å²) >= 11 is 0. The van der Waals surface area contributed by atoms with E-state index in [1.807, 2.05) is 36.9 Å². The van der Waals surface area contributed by atoms with Crippen LogP contribution in [0.5, 0.6) is 5.75 Å². The topological polar surface area (TPSA) is 66.8 Å². The first-order valence-corrected chi connectivity index (χ1v) is 9.95. The second kappa shape index (κ2) is 8.19. The minimum Gasteiger partial charge on any atom is -0.488 e. The molecule has 1 aromatic heterocycles. The third-order valence-corrected chi connectivity index (χ3v) is 5.48. The van der Waals surface area contributed by atoms with Crippen LogP contribution >= 0.6 is 0 Å². The van der Waals surface area contributed by atoms with Gasteiger partial charge in [-0.2, -0.15) is 0 Å². The number of aryl methyl sites for hydroxylation is 1. The molecule has 29 heavy (non-hydrogen) atoms. The number of benzene rings is 1. The molecule has 2 fully saturated rings. The van der Waals surface area contributed by atoms with Crippen molar-refractivity contribution in [3.8, 4) is 5.75 Å². The number of halogens is 1. The van der Waals surface area contributed by atoms with E-state index < -0.39 is 0 Å². The number of para-hydroxylation sites is 1. The van der Waals surface area contributed by atoms with Crippen LogP contribution < -0.4 is 15.0 Å². The zero-order valence-corrected chi connectivity index (χ0v) is 16.6. The number of rotatable bonds is 6. The molecule has 2 aromatic rings. The van der Waals surface area contributed by atoms with Gasteiger partial charge in [0.2, 0.25) is 5.91 Å². The summed E-state index contributed by atoms with van der Waals surface area (Å²) in [5, 5.41) is 3.09. The quantitative estimate of drug-likeness (QED) is 0.760. The zero-order chi connectivity index (χ0) is 20.4. The molecule has 2 heterocycles. The molecule has 152 valence electrons. The normalized spacial score (nSPS) is 21.6. The molecule has 0 radical (unpaired) electrons. The van der Waals surface area contributed by atoms with Crippen molar-refractivity contribution in [3.05, 3.63) is 47.9 Å². The van der Waals surface area contributed by atoms with Crippen molar-refractivity contribution < 1.29 is 13.9 Å². The highest BCUT2D eigenvalue weighted by Crippen LogP contribution is 2.37. The van der Waals surface area contributed by atoms with Gasteiger partial charge in [-0.05, 0) is 50.5 Å². The van der Waals surface area contributed by atoms with Crippen molar-refractivity contribution in [1.82, 2.24) is 10.3 Å². The van der Waals surface area contributed by atoms with Crippen molar-refractivity contribution in [1.29, 1.82) is 0 Å². The standard InChI is InChI=1S/C22H25FN4O2/c1-3-24-21-14(2)5-4-6-19(21)29-18-9-15(10-18)22(28)26-17-12-27(13-17)20-8-7-16(23)11-25-20/h3-8,11,15,17-18H,9-10,12-13H2,1-2H3,(H,26,28). The molecule has 7 heteroatoms. The van der Waals surface area contributed by atoms with Gasteiger partial charge in [0.25, 0.3) is 0 Å². The largest absolute Gasteiger partial charge is 0.488 e. The van der Waals surface area contributed by atoms with Gasteiger partial charge in [0.15, 0.2) is 0 Å². The molecule has 0 spiro atoms. The Bertz CT molecular complexity index is 904. The van der Waals surface area contributed by atoms with Gasteiger partial charge in [-0.1, -0.05) is 12.1 Å². The van der Waals surface area contributed by atoms with Crippen LogP contribution in [-0.4, -0.2) is 42.3 Å². The lowest BCUT2D eigenvalue weighted by atomic mass is 9.81. The number of carbonyl (C=O) groups excluding carboxylic acids is 1. The molecule has 1 aliphatic heterocycles. The number of anilines is 1. The number of aromatic nitrogens is 1. The fourth-order valence-corrected chi connectivity index (χ4v) is 3.71. The molecule has 2 aliphatic rings. The lowest BCUT2D eigenvalue weighted by molar-refractivity contribution is -0.131. The monoisotopic (exact) mass is 396 g/mol. The Morgan fingerprint density at radius 1 is 1.31 bits per heavy atom. The van der Waals surface area contributed by atoms with E-state index in [-0.39, 0.29) is 29.8 Å². The van der Waals surface area contributed by atoms with Crippen molar-refractivity contribution in [2.45, 2.75) is 38.8 Å². The third-order valence-electron chi connectivity index (χ3n) is 5.48. The Hall–Kier alpha value is -2.96. The van der Waals surface area contributed by atoms with Gasteiger partial charge >= 0.3 is 0 Å². The molecule has 1 aliphatic carbocycles. The second-order valence-corrected chi connectivity index (χ2v) is 7.66. The Labute approximate surface area is 169 Å². The van der Waals surface area contributed by atoms with Crippen LogP contribution in [0.25, 0.3) is 0 Å². The fraction of sp³-hybridized carbons (Fsp3) is 0.409. The van der Waals surface area contributed by atoms with Crippen molar-refractivity contribution >= 4 is 23.6 Å². The van der Waals surface area contributed by atoms with Crippen LogP contribution in [0.2, 0.25) is 0 Å². The molecule has 0 bridgehead atoms. The smallest absolute Gasteiger partial charge is 0.223 e. The molecule has 4 rings (SSSR count). The first-order chi connectivity index (χ1) is 14.0.